The highest BCUT2D eigenvalue weighted by molar-refractivity contribution is 7.16. The molecule has 0 aliphatic rings. The van der Waals surface area contributed by atoms with Crippen LogP contribution in [0.5, 0.6) is 0 Å². The summed E-state index contributed by atoms with van der Waals surface area (Å²) in [6.07, 6.45) is 2.06. The summed E-state index contributed by atoms with van der Waals surface area (Å²) in [7, 11) is 3.80. The zero-order valence-electron chi connectivity index (χ0n) is 14.0. The van der Waals surface area contributed by atoms with Crippen molar-refractivity contribution >= 4 is 34.5 Å². The van der Waals surface area contributed by atoms with Gasteiger partial charge >= 0.3 is 0 Å². The van der Waals surface area contributed by atoms with Crippen molar-refractivity contribution in [3.8, 4) is 0 Å². The van der Waals surface area contributed by atoms with Gasteiger partial charge in [0.2, 0.25) is 0 Å². The summed E-state index contributed by atoms with van der Waals surface area (Å²) in [5.41, 5.74) is 3.11. The lowest BCUT2D eigenvalue weighted by atomic mass is 10.4. The minimum Gasteiger partial charge on any atom is -0.351 e. The minimum absolute atomic E-state index is 0.628. The summed E-state index contributed by atoms with van der Waals surface area (Å²) in [6, 6.07) is 10.1. The monoisotopic (exact) mass is 361 g/mol. The summed E-state index contributed by atoms with van der Waals surface area (Å²) in [5, 5.41) is 3.36. The molecule has 3 rings (SSSR count). The quantitative estimate of drug-likeness (QED) is 0.570. The van der Waals surface area contributed by atoms with Crippen LogP contribution in [0.2, 0.25) is 4.34 Å². The lowest BCUT2D eigenvalue weighted by Crippen LogP contribution is -2.37. The Kier molecular flexibility index (Phi) is 5.06. The lowest BCUT2D eigenvalue weighted by Gasteiger charge is -2.21. The van der Waals surface area contributed by atoms with E-state index in [1.165, 1.54) is 10.6 Å². The Balaban J connectivity index is 1.65. The maximum Gasteiger partial charge on any atom is 0.194 e. The van der Waals surface area contributed by atoms with E-state index in [1.54, 1.807) is 18.4 Å². The molecule has 5 nitrogen and oxygen atoms in total. The maximum absolute atomic E-state index is 5.99. The molecule has 126 valence electrons. The zero-order valence-corrected chi connectivity index (χ0v) is 15.5. The summed E-state index contributed by atoms with van der Waals surface area (Å²) in [6.45, 7) is 3.47. The van der Waals surface area contributed by atoms with Crippen molar-refractivity contribution in [2.75, 3.05) is 14.1 Å². The van der Waals surface area contributed by atoms with Crippen LogP contribution >= 0.6 is 22.9 Å². The van der Waals surface area contributed by atoms with E-state index in [0.29, 0.717) is 6.54 Å². The SMILES string of the molecule is CN=C(NCc1cn2c(C)cccc2n1)N(C)Cc1ccc(Cl)s1. The molecule has 0 aliphatic heterocycles. The van der Waals surface area contributed by atoms with Gasteiger partial charge in [0.25, 0.3) is 0 Å². The van der Waals surface area contributed by atoms with Crippen molar-refractivity contribution in [2.24, 2.45) is 4.99 Å². The van der Waals surface area contributed by atoms with E-state index in [4.69, 9.17) is 11.6 Å². The number of thiophene rings is 1. The van der Waals surface area contributed by atoms with Gasteiger partial charge in [-0.15, -0.1) is 11.3 Å². The normalized spacial score (nSPS) is 11.9. The van der Waals surface area contributed by atoms with E-state index in [0.717, 1.165) is 28.2 Å². The summed E-state index contributed by atoms with van der Waals surface area (Å²) in [4.78, 5) is 12.3. The molecule has 7 heteroatoms. The molecule has 24 heavy (non-hydrogen) atoms. The van der Waals surface area contributed by atoms with Gasteiger partial charge in [-0.3, -0.25) is 4.99 Å². The maximum atomic E-state index is 5.99. The molecule has 0 saturated heterocycles. The van der Waals surface area contributed by atoms with Gasteiger partial charge in [0.05, 0.1) is 23.1 Å². The predicted octanol–water partition coefficient (Wildman–Crippen LogP) is 3.57. The van der Waals surface area contributed by atoms with Gasteiger partial charge in [-0.25, -0.2) is 4.98 Å². The van der Waals surface area contributed by atoms with Gasteiger partial charge in [-0.05, 0) is 31.2 Å². The van der Waals surface area contributed by atoms with Gasteiger partial charge < -0.3 is 14.6 Å². The molecular weight excluding hydrogens is 342 g/mol. The van der Waals surface area contributed by atoms with E-state index < -0.39 is 0 Å². The molecule has 0 fully saturated rings. The molecule has 0 amide bonds. The number of halogens is 1. The number of hydrogen-bond acceptors (Lipinski definition) is 3. The fourth-order valence-corrected chi connectivity index (χ4v) is 3.72. The third-order valence-corrected chi connectivity index (χ3v) is 4.98. The Morgan fingerprint density at radius 3 is 2.88 bits per heavy atom. The van der Waals surface area contributed by atoms with Crippen LogP contribution in [0, 0.1) is 6.92 Å². The fourth-order valence-electron chi connectivity index (χ4n) is 2.58. The summed E-state index contributed by atoms with van der Waals surface area (Å²) >= 11 is 7.58. The number of nitrogens with one attached hydrogen (secondary N) is 1. The number of guanidine groups is 1. The number of fused-ring (bicyclic) bond motifs is 1. The van der Waals surface area contributed by atoms with Gasteiger partial charge in [0.15, 0.2) is 5.96 Å². The van der Waals surface area contributed by atoms with Crippen molar-refractivity contribution < 1.29 is 0 Å². The zero-order chi connectivity index (χ0) is 17.1. The topological polar surface area (TPSA) is 44.9 Å². The molecule has 0 spiro atoms. The highest BCUT2D eigenvalue weighted by Crippen LogP contribution is 2.22. The summed E-state index contributed by atoms with van der Waals surface area (Å²) < 4.78 is 2.90. The van der Waals surface area contributed by atoms with Gasteiger partial charge in [0.1, 0.15) is 5.65 Å². The highest BCUT2D eigenvalue weighted by atomic mass is 35.5. The highest BCUT2D eigenvalue weighted by Gasteiger charge is 2.09. The molecule has 0 saturated carbocycles. The lowest BCUT2D eigenvalue weighted by molar-refractivity contribution is 0.481. The Bertz CT molecular complexity index is 867. The second kappa shape index (κ2) is 7.23. The number of pyridine rings is 1. The second-order valence-corrected chi connectivity index (χ2v) is 7.39. The van der Waals surface area contributed by atoms with Crippen molar-refractivity contribution in [3.05, 3.63) is 57.1 Å². The van der Waals surface area contributed by atoms with Crippen LogP contribution in [0.4, 0.5) is 0 Å². The molecule has 0 atom stereocenters. The van der Waals surface area contributed by atoms with Gasteiger partial charge in [0, 0.05) is 30.9 Å². The van der Waals surface area contributed by atoms with E-state index in [2.05, 4.69) is 43.8 Å². The van der Waals surface area contributed by atoms with Crippen molar-refractivity contribution in [2.45, 2.75) is 20.0 Å². The van der Waals surface area contributed by atoms with Crippen LogP contribution in [0.3, 0.4) is 0 Å². The standard InChI is InChI=1S/C17H20ClN5S/c1-12-5-4-6-16-21-13(10-23(12)16)9-20-17(19-2)22(3)11-14-7-8-15(18)24-14/h4-8,10H,9,11H2,1-3H3,(H,19,20). The van der Waals surface area contributed by atoms with Crippen molar-refractivity contribution in [3.63, 3.8) is 0 Å². The van der Waals surface area contributed by atoms with Crippen LogP contribution in [0.1, 0.15) is 16.3 Å². The van der Waals surface area contributed by atoms with Gasteiger partial charge in [-0.2, -0.15) is 0 Å². The first-order valence-electron chi connectivity index (χ1n) is 7.66. The first-order valence-corrected chi connectivity index (χ1v) is 8.86. The summed E-state index contributed by atoms with van der Waals surface area (Å²) in [5.74, 6) is 0.827. The third kappa shape index (κ3) is 3.71. The Hall–Kier alpha value is -2.05. The molecule has 3 heterocycles. The van der Waals surface area contributed by atoms with E-state index in [9.17, 15) is 0 Å². The number of nitrogens with zero attached hydrogens (tertiary/aromatic N) is 4. The molecule has 3 aromatic heterocycles. The first-order chi connectivity index (χ1) is 11.6. The molecule has 0 bridgehead atoms. The van der Waals surface area contributed by atoms with E-state index >= 15 is 0 Å². The number of hydrogen-bond donors (Lipinski definition) is 1. The third-order valence-electron chi connectivity index (χ3n) is 3.77. The molecule has 0 unspecified atom stereocenters. The second-order valence-electron chi connectivity index (χ2n) is 5.59. The van der Waals surface area contributed by atoms with E-state index in [1.807, 2.05) is 31.3 Å². The average Bonchev–Trinajstić information content (AvgIpc) is 3.15. The van der Waals surface area contributed by atoms with Crippen molar-refractivity contribution in [1.82, 2.24) is 19.6 Å². The Labute approximate surface area is 150 Å². The minimum atomic E-state index is 0.628. The molecular formula is C17H20ClN5S. The molecule has 0 aromatic carbocycles. The molecule has 3 aromatic rings. The number of imidazole rings is 1. The van der Waals surface area contributed by atoms with Crippen LogP contribution < -0.4 is 5.32 Å². The largest absolute Gasteiger partial charge is 0.351 e. The average molecular weight is 362 g/mol. The number of rotatable bonds is 4. The number of aryl methyl sites for hydroxylation is 1. The predicted molar refractivity (Wildman–Crippen MR) is 101 cm³/mol. The molecule has 0 radical (unpaired) electrons. The first kappa shape index (κ1) is 16.8. The van der Waals surface area contributed by atoms with Crippen molar-refractivity contribution in [1.29, 1.82) is 0 Å². The van der Waals surface area contributed by atoms with Crippen LogP contribution in [-0.2, 0) is 13.1 Å². The molecule has 1 N–H and O–H groups in total. The number of aromatic nitrogens is 2. The smallest absolute Gasteiger partial charge is 0.194 e. The van der Waals surface area contributed by atoms with Crippen LogP contribution in [-0.4, -0.2) is 34.3 Å². The van der Waals surface area contributed by atoms with E-state index in [-0.39, 0.29) is 0 Å². The Morgan fingerprint density at radius 2 is 2.21 bits per heavy atom. The molecule has 0 aliphatic carbocycles. The Morgan fingerprint density at radius 1 is 1.38 bits per heavy atom. The van der Waals surface area contributed by atoms with Crippen LogP contribution in [0.15, 0.2) is 41.5 Å². The number of aliphatic imine (C=N–C) groups is 1. The van der Waals surface area contributed by atoms with Gasteiger partial charge in [-0.1, -0.05) is 17.7 Å². The van der Waals surface area contributed by atoms with Crippen LogP contribution in [0.25, 0.3) is 5.65 Å². The fraction of sp³-hybridized carbons (Fsp3) is 0.294.